The third-order valence-corrected chi connectivity index (χ3v) is 10.0. The van der Waals surface area contributed by atoms with Gasteiger partial charge in [0.05, 0.1) is 30.0 Å². The Kier molecular flexibility index (Phi) is 16.4. The van der Waals surface area contributed by atoms with Crippen molar-refractivity contribution in [3.63, 3.8) is 0 Å². The lowest BCUT2D eigenvalue weighted by Crippen LogP contribution is -2.18. The van der Waals surface area contributed by atoms with E-state index in [1.54, 1.807) is 20.9 Å². The highest BCUT2D eigenvalue weighted by Gasteiger charge is 2.33. The highest BCUT2D eigenvalue weighted by molar-refractivity contribution is 14.0. The Balaban J connectivity index is 0. The standard InChI is InChI=1S/C11H14F3N3OS2.C10H12F3N3OS2.CH4.HI/c1-7(20(3,18)17-10(19)15-2)8-4-5-9(16-6-8)11(12,13)14;1-6(19(2,17)16-9(14)18)7-3-4-8(15-5-7)10(11,12)13;;/h4-7H,1-3H3,(H,15,19);3-6H,1-2H3,(H2,14,18);1H4;1H. The summed E-state index contributed by atoms with van der Waals surface area (Å²) in [5.41, 5.74) is 3.99. The van der Waals surface area contributed by atoms with Crippen molar-refractivity contribution < 1.29 is 34.8 Å². The van der Waals surface area contributed by atoms with E-state index in [1.165, 1.54) is 24.6 Å². The molecule has 0 radical (unpaired) electrons. The molecule has 0 spiro atoms. The molecule has 0 aliphatic heterocycles. The van der Waals surface area contributed by atoms with Gasteiger partial charge in [0.25, 0.3) is 0 Å². The molecule has 3 N–H and O–H groups in total. The third-order valence-electron chi connectivity index (χ3n) is 5.15. The van der Waals surface area contributed by atoms with Gasteiger partial charge >= 0.3 is 12.4 Å². The Bertz CT molecular complexity index is 1420. The van der Waals surface area contributed by atoms with E-state index in [0.29, 0.717) is 11.1 Å². The molecule has 0 amide bonds. The number of hydrogen-bond donors (Lipinski definition) is 2. The van der Waals surface area contributed by atoms with Crippen molar-refractivity contribution in [2.24, 2.45) is 14.5 Å². The zero-order chi connectivity index (χ0) is 30.4. The molecule has 0 aromatic carbocycles. The summed E-state index contributed by atoms with van der Waals surface area (Å²) in [6.45, 7) is 3.17. The highest BCUT2D eigenvalue weighted by atomic mass is 127. The minimum Gasteiger partial charge on any atom is -0.374 e. The quantitative estimate of drug-likeness (QED) is 0.205. The van der Waals surface area contributed by atoms with Crippen LogP contribution in [0.25, 0.3) is 0 Å². The average molecular weight is 781 g/mol. The molecule has 2 heterocycles. The van der Waals surface area contributed by atoms with Crippen LogP contribution >= 0.6 is 48.4 Å². The minimum atomic E-state index is -4.50. The Morgan fingerprint density at radius 2 is 1.20 bits per heavy atom. The number of aromatic nitrogens is 2. The largest absolute Gasteiger partial charge is 0.433 e. The fraction of sp³-hybridized carbons (Fsp3) is 0.455. The van der Waals surface area contributed by atoms with Crippen LogP contribution in [0, 0.1) is 0 Å². The van der Waals surface area contributed by atoms with Gasteiger partial charge in [-0.25, -0.2) is 8.42 Å². The predicted molar refractivity (Wildman–Crippen MR) is 169 cm³/mol. The van der Waals surface area contributed by atoms with Crippen LogP contribution in [0.3, 0.4) is 0 Å². The van der Waals surface area contributed by atoms with Crippen LogP contribution in [-0.4, -0.2) is 48.2 Å². The van der Waals surface area contributed by atoms with Gasteiger partial charge in [-0.2, -0.15) is 35.1 Å². The number of nitrogens with zero attached hydrogens (tertiary/aromatic N) is 4. The van der Waals surface area contributed by atoms with Crippen molar-refractivity contribution in [3.05, 3.63) is 59.2 Å². The van der Waals surface area contributed by atoms with E-state index in [-0.39, 0.29) is 41.6 Å². The van der Waals surface area contributed by atoms with Gasteiger partial charge < -0.3 is 11.1 Å². The van der Waals surface area contributed by atoms with Crippen LogP contribution in [0.5, 0.6) is 0 Å². The van der Waals surface area contributed by atoms with Crippen molar-refractivity contribution in [2.45, 2.75) is 44.1 Å². The first-order valence-corrected chi connectivity index (χ1v) is 15.4. The summed E-state index contributed by atoms with van der Waals surface area (Å²) in [4.78, 5) is 6.65. The van der Waals surface area contributed by atoms with Crippen LogP contribution in [0.4, 0.5) is 26.3 Å². The fourth-order valence-corrected chi connectivity index (χ4v) is 5.95. The molecule has 4 unspecified atom stereocenters. The number of thiocarbonyl (C=S) groups is 2. The maximum absolute atomic E-state index is 12.4. The van der Waals surface area contributed by atoms with Gasteiger partial charge in [0.1, 0.15) is 11.4 Å². The predicted octanol–water partition coefficient (Wildman–Crippen LogP) is 6.52. The zero-order valence-corrected chi connectivity index (χ0v) is 27.2. The summed E-state index contributed by atoms with van der Waals surface area (Å²) in [5, 5.41) is 1.18. The molecule has 0 fully saturated rings. The first-order chi connectivity index (χ1) is 17.6. The lowest BCUT2D eigenvalue weighted by Gasteiger charge is -2.15. The number of halogens is 7. The summed E-state index contributed by atoms with van der Waals surface area (Å²) >= 11 is 9.37. The molecule has 0 aliphatic carbocycles. The lowest BCUT2D eigenvalue weighted by molar-refractivity contribution is -0.142. The van der Waals surface area contributed by atoms with E-state index in [9.17, 15) is 34.8 Å². The van der Waals surface area contributed by atoms with E-state index >= 15 is 0 Å². The monoisotopic (exact) mass is 780 g/mol. The van der Waals surface area contributed by atoms with Crippen molar-refractivity contribution in [2.75, 3.05) is 19.6 Å². The van der Waals surface area contributed by atoms with Crippen molar-refractivity contribution in [1.82, 2.24) is 15.3 Å². The molecule has 4 atom stereocenters. The van der Waals surface area contributed by atoms with Gasteiger partial charge in [0.15, 0.2) is 5.11 Å². The molecule has 8 nitrogen and oxygen atoms in total. The topological polar surface area (TPSA) is 123 Å². The first kappa shape index (κ1) is 41.4. The third kappa shape index (κ3) is 13.0. The normalized spacial score (nSPS) is 15.5. The summed E-state index contributed by atoms with van der Waals surface area (Å²) in [6.07, 6.45) is -4.15. The van der Waals surface area contributed by atoms with E-state index in [1.807, 2.05) is 0 Å². The maximum atomic E-state index is 12.4. The molecular weight excluding hydrogens is 749 g/mol. The van der Waals surface area contributed by atoms with E-state index < -0.39 is 53.7 Å². The Morgan fingerprint density at radius 3 is 1.44 bits per heavy atom. The number of nitrogens with two attached hydrogens (primary N) is 1. The second-order valence-electron chi connectivity index (χ2n) is 8.03. The number of pyridine rings is 2. The molecule has 0 saturated carbocycles. The molecule has 41 heavy (non-hydrogen) atoms. The summed E-state index contributed by atoms with van der Waals surface area (Å²) in [5.74, 6) is 0. The summed E-state index contributed by atoms with van der Waals surface area (Å²) < 4.78 is 106. The van der Waals surface area contributed by atoms with Crippen molar-refractivity contribution in [1.29, 1.82) is 0 Å². The van der Waals surface area contributed by atoms with Gasteiger partial charge in [-0.3, -0.25) is 9.97 Å². The van der Waals surface area contributed by atoms with E-state index in [4.69, 9.17) is 18.0 Å². The van der Waals surface area contributed by atoms with Gasteiger partial charge in [0.2, 0.25) is 5.11 Å². The molecule has 2 rings (SSSR count). The molecule has 0 bridgehead atoms. The van der Waals surface area contributed by atoms with Crippen LogP contribution in [0.1, 0.15) is 54.3 Å². The number of rotatable bonds is 4. The lowest BCUT2D eigenvalue weighted by atomic mass is 10.2. The highest BCUT2D eigenvalue weighted by Crippen LogP contribution is 2.30. The molecule has 19 heteroatoms. The molecule has 0 saturated heterocycles. The molecule has 2 aromatic rings. The SMILES string of the molecule is C.CC(c1ccc(C(F)(F)F)nc1)S(C)(=O)=NC(N)=S.CNC(=S)N=S(C)(=O)C(C)c1ccc(C(F)(F)F)nc1.I. The smallest absolute Gasteiger partial charge is 0.374 e. The number of hydrogen-bond acceptors (Lipinski definition) is 6. The van der Waals surface area contributed by atoms with Crippen molar-refractivity contribution >= 4 is 78.1 Å². The number of alkyl halides is 6. The summed E-state index contributed by atoms with van der Waals surface area (Å²) in [6, 6.07) is 4.17. The Morgan fingerprint density at radius 1 is 0.854 bits per heavy atom. The van der Waals surface area contributed by atoms with Gasteiger partial charge in [-0.1, -0.05) is 19.6 Å². The second kappa shape index (κ2) is 16.2. The average Bonchev–Trinajstić information content (AvgIpc) is 2.81. The molecule has 2 aromatic heterocycles. The molecule has 234 valence electrons. The van der Waals surface area contributed by atoms with E-state index in [0.717, 1.165) is 24.5 Å². The van der Waals surface area contributed by atoms with Crippen LogP contribution in [0.15, 0.2) is 45.4 Å². The van der Waals surface area contributed by atoms with Crippen LogP contribution in [0.2, 0.25) is 0 Å². The van der Waals surface area contributed by atoms with E-state index in [2.05, 4.69) is 36.2 Å². The fourth-order valence-electron chi connectivity index (χ4n) is 2.68. The minimum absolute atomic E-state index is 0. The first-order valence-electron chi connectivity index (χ1n) is 10.6. The van der Waals surface area contributed by atoms with Gasteiger partial charge in [-0.15, -0.1) is 24.0 Å². The number of nitrogens with one attached hydrogen (secondary N) is 1. The van der Waals surface area contributed by atoms with Gasteiger partial charge in [-0.05, 0) is 61.5 Å². The second-order valence-corrected chi connectivity index (χ2v) is 14.1. The van der Waals surface area contributed by atoms with Crippen LogP contribution in [-0.2, 0) is 31.8 Å². The van der Waals surface area contributed by atoms with Gasteiger partial charge in [0, 0.05) is 32.0 Å². The molecular formula is C22H31F6IN6O2S4. The summed E-state index contributed by atoms with van der Waals surface area (Å²) in [7, 11) is -3.95. The molecule has 0 aliphatic rings. The Hall–Kier alpha value is -1.71. The van der Waals surface area contributed by atoms with Crippen molar-refractivity contribution in [3.8, 4) is 0 Å². The maximum Gasteiger partial charge on any atom is 0.433 e. The van der Waals surface area contributed by atoms with Crippen LogP contribution < -0.4 is 11.1 Å². The Labute approximate surface area is 264 Å². The zero-order valence-electron chi connectivity index (χ0n) is 21.6.